The van der Waals surface area contributed by atoms with Crippen LogP contribution in [0.5, 0.6) is 0 Å². The van der Waals surface area contributed by atoms with Crippen LogP contribution in [0.3, 0.4) is 0 Å². The fourth-order valence-electron chi connectivity index (χ4n) is 1.32. The number of anilines is 1. The van der Waals surface area contributed by atoms with Gasteiger partial charge in [0.2, 0.25) is 0 Å². The molecule has 0 fully saturated rings. The van der Waals surface area contributed by atoms with Gasteiger partial charge in [0, 0.05) is 0 Å². The van der Waals surface area contributed by atoms with Crippen molar-refractivity contribution in [3.8, 4) is 0 Å². The predicted molar refractivity (Wildman–Crippen MR) is 65.8 cm³/mol. The lowest BCUT2D eigenvalue weighted by atomic mass is 10.2. The van der Waals surface area contributed by atoms with Gasteiger partial charge in [0.05, 0.1) is 11.9 Å². The molecule has 0 amide bonds. The highest BCUT2D eigenvalue weighted by Gasteiger charge is 1.93. The third kappa shape index (κ3) is 2.73. The molecule has 0 aliphatic rings. The summed E-state index contributed by atoms with van der Waals surface area (Å²) in [4.78, 5) is 0. The maximum atomic E-state index is 5.35. The van der Waals surface area contributed by atoms with E-state index in [-0.39, 0.29) is 0 Å². The highest BCUT2D eigenvalue weighted by Crippen LogP contribution is 2.08. The van der Waals surface area contributed by atoms with Crippen LogP contribution in [0.25, 0.3) is 0 Å². The minimum Gasteiger partial charge on any atom is -0.460 e. The Hall–Kier alpha value is -2.03. The highest BCUT2D eigenvalue weighted by molar-refractivity contribution is 5.76. The van der Waals surface area contributed by atoms with Gasteiger partial charge in [-0.25, -0.2) is 0 Å². The fourth-order valence-corrected chi connectivity index (χ4v) is 1.32. The number of nitrogens with one attached hydrogen (secondary N) is 1. The Morgan fingerprint density at radius 1 is 1.06 bits per heavy atom. The van der Waals surface area contributed by atoms with Crippen LogP contribution in [0.15, 0.2) is 45.9 Å². The Kier molecular flexibility index (Phi) is 3.05. The van der Waals surface area contributed by atoms with Gasteiger partial charge in [-0.05, 0) is 38.1 Å². The summed E-state index contributed by atoms with van der Waals surface area (Å²) >= 11 is 0. The van der Waals surface area contributed by atoms with E-state index in [9.17, 15) is 0 Å². The van der Waals surface area contributed by atoms with Crippen molar-refractivity contribution in [1.29, 1.82) is 0 Å². The van der Waals surface area contributed by atoms with E-state index in [1.165, 1.54) is 5.56 Å². The second-order valence-electron chi connectivity index (χ2n) is 3.68. The minimum atomic E-state index is 0.747. The number of furan rings is 1. The van der Waals surface area contributed by atoms with Crippen LogP contribution < -0.4 is 5.43 Å². The summed E-state index contributed by atoms with van der Waals surface area (Å²) < 4.78 is 5.35. The van der Waals surface area contributed by atoms with Crippen molar-refractivity contribution in [3.05, 3.63) is 53.5 Å². The van der Waals surface area contributed by atoms with Gasteiger partial charge in [-0.1, -0.05) is 17.7 Å². The zero-order valence-electron chi connectivity index (χ0n) is 9.40. The van der Waals surface area contributed by atoms with E-state index in [1.54, 1.807) is 6.21 Å². The average molecular weight is 214 g/mol. The lowest BCUT2D eigenvalue weighted by molar-refractivity contribution is 0.528. The fraction of sp³-hybridized carbons (Fsp3) is 0.154. The van der Waals surface area contributed by atoms with E-state index < -0.39 is 0 Å². The Bertz CT molecular complexity index is 483. The van der Waals surface area contributed by atoms with Gasteiger partial charge < -0.3 is 4.42 Å². The van der Waals surface area contributed by atoms with Crippen molar-refractivity contribution in [1.82, 2.24) is 0 Å². The minimum absolute atomic E-state index is 0.747. The Morgan fingerprint density at radius 3 is 2.44 bits per heavy atom. The van der Waals surface area contributed by atoms with Crippen molar-refractivity contribution in [3.63, 3.8) is 0 Å². The number of rotatable bonds is 3. The van der Waals surface area contributed by atoms with Crippen LogP contribution >= 0.6 is 0 Å². The molecule has 82 valence electrons. The van der Waals surface area contributed by atoms with E-state index in [0.29, 0.717) is 0 Å². The van der Waals surface area contributed by atoms with Crippen LogP contribution in [-0.2, 0) is 0 Å². The van der Waals surface area contributed by atoms with Gasteiger partial charge in [0.15, 0.2) is 0 Å². The van der Waals surface area contributed by atoms with Crippen LogP contribution in [0, 0.1) is 13.8 Å². The number of aryl methyl sites for hydroxylation is 2. The molecule has 0 unspecified atom stereocenters. The second-order valence-corrected chi connectivity index (χ2v) is 3.68. The van der Waals surface area contributed by atoms with Crippen LogP contribution in [-0.4, -0.2) is 6.21 Å². The Labute approximate surface area is 94.8 Å². The van der Waals surface area contributed by atoms with E-state index in [0.717, 1.165) is 17.2 Å². The van der Waals surface area contributed by atoms with Crippen molar-refractivity contribution in [2.45, 2.75) is 13.8 Å². The number of hydrogen-bond acceptors (Lipinski definition) is 3. The topological polar surface area (TPSA) is 37.5 Å². The molecule has 1 heterocycles. The molecule has 0 aliphatic heterocycles. The molecule has 2 aromatic rings. The third-order valence-electron chi connectivity index (χ3n) is 2.20. The molecule has 0 bridgehead atoms. The number of benzene rings is 1. The predicted octanol–water partition coefficient (Wildman–Crippen LogP) is 3.34. The van der Waals surface area contributed by atoms with Crippen molar-refractivity contribution in [2.24, 2.45) is 5.10 Å². The molecule has 1 N–H and O–H groups in total. The maximum absolute atomic E-state index is 5.35. The SMILES string of the molecule is Cc1ccc(N/N=C/c2ccc(C)o2)cc1. The number of nitrogens with zero attached hydrogens (tertiary/aromatic N) is 1. The maximum Gasteiger partial charge on any atom is 0.147 e. The van der Waals surface area contributed by atoms with E-state index >= 15 is 0 Å². The first-order chi connectivity index (χ1) is 7.74. The average Bonchev–Trinajstić information content (AvgIpc) is 2.67. The van der Waals surface area contributed by atoms with Crippen molar-refractivity contribution < 1.29 is 4.42 Å². The largest absolute Gasteiger partial charge is 0.460 e. The monoisotopic (exact) mass is 214 g/mol. The normalized spacial score (nSPS) is 10.9. The lowest BCUT2D eigenvalue weighted by Gasteiger charge is -1.99. The molecule has 0 saturated heterocycles. The lowest BCUT2D eigenvalue weighted by Crippen LogP contribution is -1.89. The molecule has 16 heavy (non-hydrogen) atoms. The van der Waals surface area contributed by atoms with Crippen LogP contribution in [0.4, 0.5) is 5.69 Å². The van der Waals surface area contributed by atoms with Gasteiger partial charge >= 0.3 is 0 Å². The summed E-state index contributed by atoms with van der Waals surface area (Å²) in [6, 6.07) is 11.8. The number of hydrazone groups is 1. The van der Waals surface area contributed by atoms with Crippen LogP contribution in [0.2, 0.25) is 0 Å². The number of hydrogen-bond donors (Lipinski definition) is 1. The standard InChI is InChI=1S/C13H14N2O/c1-10-3-6-12(7-4-10)15-14-9-13-8-5-11(2)16-13/h3-9,15H,1-2H3/b14-9+. The summed E-state index contributed by atoms with van der Waals surface area (Å²) in [6.07, 6.45) is 1.66. The van der Waals surface area contributed by atoms with E-state index in [1.807, 2.05) is 43.3 Å². The Balaban J connectivity index is 1.97. The van der Waals surface area contributed by atoms with Gasteiger partial charge in [-0.2, -0.15) is 5.10 Å². The first-order valence-electron chi connectivity index (χ1n) is 5.16. The van der Waals surface area contributed by atoms with E-state index in [2.05, 4.69) is 17.5 Å². The molecule has 1 aromatic heterocycles. The van der Waals surface area contributed by atoms with Crippen molar-refractivity contribution >= 4 is 11.9 Å². The van der Waals surface area contributed by atoms with Gasteiger partial charge in [-0.3, -0.25) is 5.43 Å². The molecule has 0 radical (unpaired) electrons. The smallest absolute Gasteiger partial charge is 0.147 e. The molecule has 0 aliphatic carbocycles. The quantitative estimate of drug-likeness (QED) is 0.628. The molecule has 2 rings (SSSR count). The van der Waals surface area contributed by atoms with Gasteiger partial charge in [0.1, 0.15) is 11.5 Å². The molecular formula is C13H14N2O. The summed E-state index contributed by atoms with van der Waals surface area (Å²) in [5.41, 5.74) is 5.13. The van der Waals surface area contributed by atoms with E-state index in [4.69, 9.17) is 4.42 Å². The summed E-state index contributed by atoms with van der Waals surface area (Å²) in [5.74, 6) is 1.63. The Morgan fingerprint density at radius 2 is 1.81 bits per heavy atom. The second kappa shape index (κ2) is 4.66. The molecule has 3 nitrogen and oxygen atoms in total. The summed E-state index contributed by atoms with van der Waals surface area (Å²) in [7, 11) is 0. The molecular weight excluding hydrogens is 200 g/mol. The zero-order valence-corrected chi connectivity index (χ0v) is 9.40. The van der Waals surface area contributed by atoms with Gasteiger partial charge in [-0.15, -0.1) is 0 Å². The molecule has 0 saturated carbocycles. The first kappa shape index (κ1) is 10.5. The first-order valence-corrected chi connectivity index (χ1v) is 5.16. The highest BCUT2D eigenvalue weighted by atomic mass is 16.3. The summed E-state index contributed by atoms with van der Waals surface area (Å²) in [6.45, 7) is 3.96. The molecule has 1 aromatic carbocycles. The van der Waals surface area contributed by atoms with Crippen molar-refractivity contribution in [2.75, 3.05) is 5.43 Å². The molecule has 0 spiro atoms. The third-order valence-corrected chi connectivity index (χ3v) is 2.20. The summed E-state index contributed by atoms with van der Waals surface area (Å²) in [5, 5.41) is 4.09. The van der Waals surface area contributed by atoms with Gasteiger partial charge in [0.25, 0.3) is 0 Å². The molecule has 0 atom stereocenters. The molecule has 3 heteroatoms. The van der Waals surface area contributed by atoms with Crippen LogP contribution in [0.1, 0.15) is 17.1 Å². The zero-order chi connectivity index (χ0) is 11.4.